The van der Waals surface area contributed by atoms with Gasteiger partial charge in [-0.25, -0.2) is 0 Å². The Morgan fingerprint density at radius 3 is 2.69 bits per heavy atom. The molecule has 1 aromatic rings. The monoisotopic (exact) mass is 236 g/mol. The van der Waals surface area contributed by atoms with Crippen molar-refractivity contribution in [3.63, 3.8) is 0 Å². The minimum atomic E-state index is -0.411. The Morgan fingerprint density at radius 1 is 1.23 bits per heavy atom. The highest BCUT2D eigenvalue weighted by molar-refractivity contribution is 9.10. The number of benzene rings is 1. The zero-order valence-electron chi connectivity index (χ0n) is 6.64. The molecule has 0 bridgehead atoms. The minimum Gasteiger partial charge on any atom is -0.457 e. The first-order chi connectivity index (χ1) is 6.36. The van der Waals surface area contributed by atoms with E-state index in [1.165, 1.54) is 15.4 Å². The van der Waals surface area contributed by atoms with Crippen molar-refractivity contribution in [2.45, 2.75) is 0 Å². The average Bonchev–Trinajstić information content (AvgIpc) is 2.19. The van der Waals surface area contributed by atoms with Crippen LogP contribution in [0.4, 0.5) is 0 Å². The van der Waals surface area contributed by atoms with E-state index in [1.807, 2.05) is 24.3 Å². The molecule has 0 N–H and O–H groups in total. The molecule has 1 saturated heterocycles. The molecule has 1 fully saturated rings. The van der Waals surface area contributed by atoms with Crippen LogP contribution in [0.1, 0.15) is 0 Å². The van der Waals surface area contributed by atoms with Gasteiger partial charge in [0.15, 0.2) is 0 Å². The second-order valence-electron chi connectivity index (χ2n) is 2.49. The normalized spacial score (nSPS) is 16.2. The van der Waals surface area contributed by atoms with E-state index in [4.69, 9.17) is 9.14 Å². The first-order valence-corrected chi connectivity index (χ1v) is 4.51. The molecule has 2 radical (unpaired) electrons. The fourth-order valence-electron chi connectivity index (χ4n) is 1.03. The molecule has 0 aliphatic carbocycles. The summed E-state index contributed by atoms with van der Waals surface area (Å²) in [6.07, 6.45) is 0. The summed E-state index contributed by atoms with van der Waals surface area (Å²) >= 11 is 3.37. The molecule has 0 spiro atoms. The van der Waals surface area contributed by atoms with E-state index in [-0.39, 0.29) is 0 Å². The zero-order valence-corrected chi connectivity index (χ0v) is 8.23. The molecule has 0 atom stereocenters. The SMILES string of the molecule is Brc1cccc(B2O[B]O[B]O2)c1. The van der Waals surface area contributed by atoms with Crippen LogP contribution in [-0.2, 0) is 13.7 Å². The molecule has 3 nitrogen and oxygen atoms in total. The first-order valence-electron chi connectivity index (χ1n) is 3.71. The van der Waals surface area contributed by atoms with Crippen molar-refractivity contribution >= 4 is 43.9 Å². The van der Waals surface area contributed by atoms with Gasteiger partial charge in [-0.1, -0.05) is 28.1 Å². The number of hydrogen-bond donors (Lipinski definition) is 0. The standard InChI is InChI=1S/C6H4B3BrO3/c10-6-3-1-2-5(4-6)9-12-7-11-8-13-9/h1-4H. The third kappa shape index (κ3) is 2.37. The van der Waals surface area contributed by atoms with Crippen LogP contribution in [0.25, 0.3) is 0 Å². The largest absolute Gasteiger partial charge is 0.465 e. The van der Waals surface area contributed by atoms with Crippen LogP contribution in [0.5, 0.6) is 0 Å². The third-order valence-electron chi connectivity index (χ3n) is 1.59. The van der Waals surface area contributed by atoms with Gasteiger partial charge in [0.2, 0.25) is 0 Å². The van der Waals surface area contributed by atoms with E-state index in [2.05, 4.69) is 20.5 Å². The second kappa shape index (κ2) is 4.33. The Morgan fingerprint density at radius 2 is 2.00 bits per heavy atom. The van der Waals surface area contributed by atoms with E-state index in [0.29, 0.717) is 0 Å². The molecule has 2 rings (SSSR count). The van der Waals surface area contributed by atoms with Gasteiger partial charge >= 0.3 is 22.5 Å². The summed E-state index contributed by atoms with van der Waals surface area (Å²) in [7, 11) is 2.08. The second-order valence-corrected chi connectivity index (χ2v) is 3.40. The molecule has 1 aliphatic heterocycles. The molecule has 1 heterocycles. The highest BCUT2D eigenvalue weighted by atomic mass is 79.9. The van der Waals surface area contributed by atoms with Crippen molar-refractivity contribution in [3.05, 3.63) is 28.7 Å². The highest BCUT2D eigenvalue weighted by Gasteiger charge is 2.26. The Labute approximate surface area is 86.6 Å². The highest BCUT2D eigenvalue weighted by Crippen LogP contribution is 2.07. The van der Waals surface area contributed by atoms with Gasteiger partial charge in [-0.15, -0.1) is 0 Å². The smallest absolute Gasteiger partial charge is 0.457 e. The summed E-state index contributed by atoms with van der Waals surface area (Å²) in [5.41, 5.74) is 0.935. The van der Waals surface area contributed by atoms with E-state index < -0.39 is 7.12 Å². The van der Waals surface area contributed by atoms with Crippen LogP contribution in [0, 0.1) is 0 Å². The van der Waals surface area contributed by atoms with Gasteiger partial charge in [-0.2, -0.15) is 0 Å². The van der Waals surface area contributed by atoms with E-state index in [0.717, 1.165) is 9.94 Å². The van der Waals surface area contributed by atoms with Crippen molar-refractivity contribution in [2.24, 2.45) is 0 Å². The predicted octanol–water partition coefficient (Wildman–Crippen LogP) is 0.276. The Kier molecular flexibility index (Phi) is 3.11. The maximum atomic E-state index is 5.10. The fourth-order valence-corrected chi connectivity index (χ4v) is 1.45. The van der Waals surface area contributed by atoms with Crippen LogP contribution in [0.2, 0.25) is 0 Å². The van der Waals surface area contributed by atoms with Gasteiger partial charge in [-0.05, 0) is 17.6 Å². The summed E-state index contributed by atoms with van der Waals surface area (Å²) in [4.78, 5) is 0. The van der Waals surface area contributed by atoms with Crippen molar-refractivity contribution in [1.82, 2.24) is 0 Å². The summed E-state index contributed by atoms with van der Waals surface area (Å²) < 4.78 is 15.8. The van der Waals surface area contributed by atoms with Crippen molar-refractivity contribution < 1.29 is 13.7 Å². The molecule has 62 valence electrons. The maximum absolute atomic E-state index is 5.10. The minimum absolute atomic E-state index is 0.411. The van der Waals surface area contributed by atoms with E-state index in [9.17, 15) is 0 Å². The average molecular weight is 236 g/mol. The topological polar surface area (TPSA) is 27.7 Å². The summed E-state index contributed by atoms with van der Waals surface area (Å²) in [5, 5.41) is 0. The Bertz CT molecular complexity index is 292. The summed E-state index contributed by atoms with van der Waals surface area (Å²) in [6.45, 7) is 0. The number of rotatable bonds is 1. The molecular formula is C6H4B3BrO3. The lowest BCUT2D eigenvalue weighted by atomic mass is 9.75. The molecule has 0 saturated carbocycles. The van der Waals surface area contributed by atoms with Gasteiger partial charge in [-0.3, -0.25) is 0 Å². The summed E-state index contributed by atoms with van der Waals surface area (Å²) in [5.74, 6) is 0. The number of halogens is 1. The lowest BCUT2D eigenvalue weighted by Crippen LogP contribution is -2.44. The van der Waals surface area contributed by atoms with Crippen molar-refractivity contribution in [1.29, 1.82) is 0 Å². The van der Waals surface area contributed by atoms with Gasteiger partial charge < -0.3 is 13.7 Å². The van der Waals surface area contributed by atoms with Crippen LogP contribution in [-0.4, -0.2) is 22.5 Å². The van der Waals surface area contributed by atoms with Gasteiger partial charge in [0, 0.05) is 4.47 Å². The quantitative estimate of drug-likeness (QED) is 0.656. The van der Waals surface area contributed by atoms with Gasteiger partial charge in [0.25, 0.3) is 0 Å². The molecular weight excluding hydrogens is 232 g/mol. The lowest BCUT2D eigenvalue weighted by Gasteiger charge is -2.18. The molecule has 0 unspecified atom stereocenters. The van der Waals surface area contributed by atoms with E-state index in [1.54, 1.807) is 0 Å². The Balaban J connectivity index is 2.14. The zero-order chi connectivity index (χ0) is 9.10. The Hall–Kier alpha value is -0.225. The van der Waals surface area contributed by atoms with Crippen molar-refractivity contribution in [2.75, 3.05) is 0 Å². The van der Waals surface area contributed by atoms with Crippen molar-refractivity contribution in [3.8, 4) is 0 Å². The van der Waals surface area contributed by atoms with Crippen LogP contribution in [0.3, 0.4) is 0 Å². The molecule has 1 aliphatic rings. The number of hydrogen-bond acceptors (Lipinski definition) is 3. The molecule has 0 amide bonds. The third-order valence-corrected chi connectivity index (χ3v) is 2.08. The van der Waals surface area contributed by atoms with Crippen LogP contribution in [0.15, 0.2) is 28.7 Å². The molecule has 1 aromatic carbocycles. The molecule has 13 heavy (non-hydrogen) atoms. The molecule has 7 heteroatoms. The predicted molar refractivity (Wildman–Crippen MR) is 54.3 cm³/mol. The van der Waals surface area contributed by atoms with Crippen LogP contribution >= 0.6 is 15.9 Å². The lowest BCUT2D eigenvalue weighted by molar-refractivity contribution is 0.334. The summed E-state index contributed by atoms with van der Waals surface area (Å²) in [6, 6.07) is 7.71. The molecule has 0 aromatic heterocycles. The first kappa shape index (κ1) is 9.33. The van der Waals surface area contributed by atoms with Gasteiger partial charge in [0.1, 0.15) is 0 Å². The van der Waals surface area contributed by atoms with Crippen LogP contribution < -0.4 is 5.46 Å². The van der Waals surface area contributed by atoms with Gasteiger partial charge in [0.05, 0.1) is 0 Å². The maximum Gasteiger partial charge on any atom is 0.465 e. The fraction of sp³-hybridized carbons (Fsp3) is 0. The van der Waals surface area contributed by atoms with E-state index >= 15 is 0 Å².